The molecule has 94 valence electrons. The monoisotopic (exact) mass is 256 g/mol. The minimum atomic E-state index is -0.369. The highest BCUT2D eigenvalue weighted by Crippen LogP contribution is 2.33. The highest BCUT2D eigenvalue weighted by Gasteiger charge is 2.24. The van der Waals surface area contributed by atoms with Crippen molar-refractivity contribution in [3.63, 3.8) is 0 Å². The van der Waals surface area contributed by atoms with E-state index in [1.807, 2.05) is 20.9 Å². The van der Waals surface area contributed by atoms with Crippen molar-refractivity contribution in [1.29, 1.82) is 0 Å². The highest BCUT2D eigenvalue weighted by molar-refractivity contribution is 6.30. The number of nitro groups is 1. The molecule has 17 heavy (non-hydrogen) atoms. The Morgan fingerprint density at radius 2 is 2.18 bits per heavy atom. The fraction of sp³-hybridized carbons (Fsp3) is 0.500. The number of hydrogen-bond donors (Lipinski definition) is 1. The van der Waals surface area contributed by atoms with E-state index in [0.29, 0.717) is 5.02 Å². The Kier molecular flexibility index (Phi) is 4.90. The molecule has 0 heterocycles. The second-order valence-corrected chi connectivity index (χ2v) is 4.49. The summed E-state index contributed by atoms with van der Waals surface area (Å²) in [6, 6.07) is 5.05. The summed E-state index contributed by atoms with van der Waals surface area (Å²) >= 11 is 5.80. The molecule has 1 rings (SSSR count). The Morgan fingerprint density at radius 1 is 1.53 bits per heavy atom. The number of rotatable bonds is 5. The summed E-state index contributed by atoms with van der Waals surface area (Å²) in [6.45, 7) is 4.04. The molecule has 0 fully saturated rings. The van der Waals surface area contributed by atoms with Crippen LogP contribution < -0.4 is 5.32 Å². The lowest BCUT2D eigenvalue weighted by atomic mass is 9.89. The Labute approximate surface area is 106 Å². The smallest absolute Gasteiger partial charge is 0.274 e. The maximum atomic E-state index is 11.0. The normalized spacial score (nSPS) is 14.4. The van der Waals surface area contributed by atoms with Gasteiger partial charge in [-0.05, 0) is 26.5 Å². The molecule has 0 amide bonds. The molecule has 0 saturated heterocycles. The maximum Gasteiger partial charge on any atom is 0.274 e. The molecule has 0 saturated carbocycles. The van der Waals surface area contributed by atoms with Gasteiger partial charge >= 0.3 is 0 Å². The van der Waals surface area contributed by atoms with Gasteiger partial charge in [-0.1, -0.05) is 24.6 Å². The first kappa shape index (κ1) is 13.9. The summed E-state index contributed by atoms with van der Waals surface area (Å²) in [5, 5.41) is 14.6. The zero-order valence-electron chi connectivity index (χ0n) is 10.2. The molecule has 2 atom stereocenters. The van der Waals surface area contributed by atoms with Gasteiger partial charge in [0, 0.05) is 28.6 Å². The molecule has 0 aromatic heterocycles. The predicted octanol–water partition coefficient (Wildman–Crippen LogP) is 3.35. The van der Waals surface area contributed by atoms with E-state index in [9.17, 15) is 10.1 Å². The van der Waals surface area contributed by atoms with Crippen LogP contribution in [0.15, 0.2) is 18.2 Å². The first-order chi connectivity index (χ1) is 8.01. The fourth-order valence-electron chi connectivity index (χ4n) is 2.03. The molecule has 2 unspecified atom stereocenters. The molecule has 1 aromatic carbocycles. The van der Waals surface area contributed by atoms with Crippen molar-refractivity contribution in [3.8, 4) is 0 Å². The average molecular weight is 257 g/mol. The van der Waals surface area contributed by atoms with Crippen molar-refractivity contribution in [2.75, 3.05) is 7.05 Å². The van der Waals surface area contributed by atoms with Gasteiger partial charge in [-0.15, -0.1) is 0 Å². The van der Waals surface area contributed by atoms with E-state index in [2.05, 4.69) is 5.32 Å². The Hall–Kier alpha value is -1.13. The van der Waals surface area contributed by atoms with Crippen LogP contribution in [0.4, 0.5) is 5.69 Å². The third-order valence-corrected chi connectivity index (χ3v) is 3.32. The minimum Gasteiger partial charge on any atom is -0.317 e. The SMILES string of the molecule is CCC(c1ccc(Cl)cc1[N+](=O)[O-])C(C)NC. The van der Waals surface area contributed by atoms with Crippen LogP contribution in [0.5, 0.6) is 0 Å². The van der Waals surface area contributed by atoms with Gasteiger partial charge in [-0.3, -0.25) is 10.1 Å². The Balaban J connectivity index is 3.23. The molecular weight excluding hydrogens is 240 g/mol. The van der Waals surface area contributed by atoms with Crippen LogP contribution in [0, 0.1) is 10.1 Å². The maximum absolute atomic E-state index is 11.0. The fourth-order valence-corrected chi connectivity index (χ4v) is 2.20. The Morgan fingerprint density at radius 3 is 2.65 bits per heavy atom. The number of halogens is 1. The first-order valence-electron chi connectivity index (χ1n) is 5.62. The van der Waals surface area contributed by atoms with E-state index in [1.165, 1.54) is 6.07 Å². The van der Waals surface area contributed by atoms with E-state index in [4.69, 9.17) is 11.6 Å². The summed E-state index contributed by atoms with van der Waals surface area (Å²) in [6.07, 6.45) is 0.838. The highest BCUT2D eigenvalue weighted by atomic mass is 35.5. The van der Waals surface area contributed by atoms with Gasteiger partial charge in [0.15, 0.2) is 0 Å². The summed E-state index contributed by atoms with van der Waals surface area (Å²) < 4.78 is 0. The van der Waals surface area contributed by atoms with Crippen LogP contribution in [0.1, 0.15) is 31.7 Å². The predicted molar refractivity (Wildman–Crippen MR) is 69.7 cm³/mol. The molecule has 0 aliphatic rings. The lowest BCUT2D eigenvalue weighted by molar-refractivity contribution is -0.385. The zero-order chi connectivity index (χ0) is 13.0. The van der Waals surface area contributed by atoms with Crippen molar-refractivity contribution < 1.29 is 4.92 Å². The lowest BCUT2D eigenvalue weighted by Gasteiger charge is -2.22. The van der Waals surface area contributed by atoms with Gasteiger partial charge in [-0.2, -0.15) is 0 Å². The minimum absolute atomic E-state index is 0.103. The van der Waals surface area contributed by atoms with Crippen molar-refractivity contribution in [1.82, 2.24) is 5.32 Å². The van der Waals surface area contributed by atoms with Crippen molar-refractivity contribution >= 4 is 17.3 Å². The van der Waals surface area contributed by atoms with E-state index < -0.39 is 0 Å². The van der Waals surface area contributed by atoms with Gasteiger partial charge in [0.2, 0.25) is 0 Å². The molecule has 0 radical (unpaired) electrons. The molecule has 0 bridgehead atoms. The summed E-state index contributed by atoms with van der Waals surface area (Å²) in [4.78, 5) is 10.7. The van der Waals surface area contributed by atoms with E-state index in [1.54, 1.807) is 12.1 Å². The van der Waals surface area contributed by atoms with E-state index in [-0.39, 0.29) is 22.6 Å². The lowest BCUT2D eigenvalue weighted by Crippen LogP contribution is -2.29. The molecular formula is C12H17ClN2O2. The molecule has 0 aliphatic heterocycles. The number of hydrogen-bond acceptors (Lipinski definition) is 3. The van der Waals surface area contributed by atoms with E-state index in [0.717, 1.165) is 12.0 Å². The van der Waals surface area contributed by atoms with Crippen molar-refractivity contribution in [3.05, 3.63) is 38.9 Å². The topological polar surface area (TPSA) is 55.2 Å². The van der Waals surface area contributed by atoms with Gasteiger partial charge in [0.05, 0.1) is 4.92 Å². The summed E-state index contributed by atoms with van der Waals surface area (Å²) in [5.74, 6) is 0.109. The number of benzene rings is 1. The van der Waals surface area contributed by atoms with Crippen LogP contribution in [-0.4, -0.2) is 18.0 Å². The van der Waals surface area contributed by atoms with Gasteiger partial charge in [-0.25, -0.2) is 0 Å². The molecule has 4 nitrogen and oxygen atoms in total. The van der Waals surface area contributed by atoms with Crippen LogP contribution in [0.25, 0.3) is 0 Å². The first-order valence-corrected chi connectivity index (χ1v) is 6.00. The van der Waals surface area contributed by atoms with Crippen LogP contribution in [0.3, 0.4) is 0 Å². The molecule has 0 aliphatic carbocycles. The quantitative estimate of drug-likeness (QED) is 0.649. The third-order valence-electron chi connectivity index (χ3n) is 3.09. The van der Waals surface area contributed by atoms with E-state index >= 15 is 0 Å². The Bertz CT molecular complexity index is 409. The molecule has 1 N–H and O–H groups in total. The zero-order valence-corrected chi connectivity index (χ0v) is 11.0. The van der Waals surface area contributed by atoms with Gasteiger partial charge in [0.1, 0.15) is 0 Å². The molecule has 1 aromatic rings. The van der Waals surface area contributed by atoms with Crippen LogP contribution in [0.2, 0.25) is 5.02 Å². The average Bonchev–Trinajstić information content (AvgIpc) is 2.31. The third kappa shape index (κ3) is 3.17. The number of likely N-dealkylation sites (N-methyl/N-ethyl adjacent to an activating group) is 1. The van der Waals surface area contributed by atoms with Crippen LogP contribution in [-0.2, 0) is 0 Å². The van der Waals surface area contributed by atoms with Crippen molar-refractivity contribution in [2.24, 2.45) is 0 Å². The number of nitrogens with zero attached hydrogens (tertiary/aromatic N) is 1. The standard InChI is InChI=1S/C12H17ClN2O2/c1-4-10(8(2)14-3)11-6-5-9(13)7-12(11)15(16)17/h5-8,10,14H,4H2,1-3H3. The summed E-state index contributed by atoms with van der Waals surface area (Å²) in [7, 11) is 1.86. The number of nitro benzene ring substituents is 1. The summed E-state index contributed by atoms with van der Waals surface area (Å²) in [5.41, 5.74) is 0.843. The van der Waals surface area contributed by atoms with Gasteiger partial charge < -0.3 is 5.32 Å². The largest absolute Gasteiger partial charge is 0.317 e. The second-order valence-electron chi connectivity index (χ2n) is 4.05. The second kappa shape index (κ2) is 5.98. The molecule has 0 spiro atoms. The molecule has 5 heteroatoms. The van der Waals surface area contributed by atoms with Crippen LogP contribution >= 0.6 is 11.6 Å². The van der Waals surface area contributed by atoms with Gasteiger partial charge in [0.25, 0.3) is 5.69 Å². The van der Waals surface area contributed by atoms with Crippen molar-refractivity contribution in [2.45, 2.75) is 32.2 Å². The number of nitrogens with one attached hydrogen (secondary N) is 1.